The smallest absolute Gasteiger partial charge is 0.308 e. The van der Waals surface area contributed by atoms with E-state index in [1.807, 2.05) is 0 Å². The second-order valence-electron chi connectivity index (χ2n) is 4.44. The molecular formula is C12H17FN2O4S. The molecule has 0 aliphatic heterocycles. The number of carboxylic acids is 1. The molecule has 8 heteroatoms. The van der Waals surface area contributed by atoms with E-state index < -0.39 is 27.7 Å². The first kappa shape index (κ1) is 16.4. The average molecular weight is 304 g/mol. The molecule has 1 unspecified atom stereocenters. The zero-order valence-corrected chi connectivity index (χ0v) is 12.2. The van der Waals surface area contributed by atoms with Crippen LogP contribution in [-0.2, 0) is 14.8 Å². The minimum absolute atomic E-state index is 0.115. The number of carboxylic acid groups (broad SMARTS) is 1. The minimum atomic E-state index is -3.70. The first-order chi connectivity index (χ1) is 9.19. The zero-order chi connectivity index (χ0) is 15.5. The van der Waals surface area contributed by atoms with Crippen LogP contribution in [0.1, 0.15) is 6.92 Å². The first-order valence-corrected chi connectivity index (χ1v) is 7.34. The molecule has 0 saturated carbocycles. The summed E-state index contributed by atoms with van der Waals surface area (Å²) in [5.41, 5.74) is 0.146. The van der Waals surface area contributed by atoms with Gasteiger partial charge in [-0.25, -0.2) is 17.5 Å². The van der Waals surface area contributed by atoms with Crippen LogP contribution in [0.5, 0.6) is 0 Å². The first-order valence-electron chi connectivity index (χ1n) is 5.86. The third-order valence-electron chi connectivity index (χ3n) is 2.88. The summed E-state index contributed by atoms with van der Waals surface area (Å²) in [6.45, 7) is 1.63. The van der Waals surface area contributed by atoms with E-state index in [-0.39, 0.29) is 17.1 Å². The van der Waals surface area contributed by atoms with Crippen LogP contribution in [0.4, 0.5) is 10.1 Å². The number of sulfonamides is 1. The second-order valence-corrected chi connectivity index (χ2v) is 6.33. The van der Waals surface area contributed by atoms with Crippen molar-refractivity contribution >= 4 is 21.7 Å². The Hall–Kier alpha value is -1.67. The van der Waals surface area contributed by atoms with E-state index in [0.717, 1.165) is 6.07 Å². The lowest BCUT2D eigenvalue weighted by atomic mass is 10.1. The summed E-state index contributed by atoms with van der Waals surface area (Å²) in [4.78, 5) is 12.0. The van der Waals surface area contributed by atoms with Gasteiger partial charge in [0.2, 0.25) is 10.0 Å². The molecule has 0 amide bonds. The molecule has 20 heavy (non-hydrogen) atoms. The van der Waals surface area contributed by atoms with Crippen molar-refractivity contribution < 1.29 is 22.7 Å². The maximum Gasteiger partial charge on any atom is 0.308 e. The number of aliphatic carboxylic acids is 1. The number of hydrogen-bond donors (Lipinski definition) is 2. The highest BCUT2D eigenvalue weighted by molar-refractivity contribution is 7.89. The molecule has 1 atom stereocenters. The minimum Gasteiger partial charge on any atom is -0.481 e. The lowest BCUT2D eigenvalue weighted by molar-refractivity contribution is -0.140. The van der Waals surface area contributed by atoms with Crippen molar-refractivity contribution in [1.82, 2.24) is 4.72 Å². The van der Waals surface area contributed by atoms with Gasteiger partial charge in [0, 0.05) is 13.6 Å². The lowest BCUT2D eigenvalue weighted by Crippen LogP contribution is -2.29. The molecule has 0 bridgehead atoms. The fourth-order valence-corrected chi connectivity index (χ4v) is 2.41. The molecule has 0 aliphatic carbocycles. The summed E-state index contributed by atoms with van der Waals surface area (Å²) in [5.74, 6) is -2.37. The number of benzene rings is 1. The number of hydrogen-bond acceptors (Lipinski definition) is 4. The van der Waals surface area contributed by atoms with Gasteiger partial charge in [-0.15, -0.1) is 0 Å². The van der Waals surface area contributed by atoms with Crippen molar-refractivity contribution in [3.05, 3.63) is 24.0 Å². The predicted molar refractivity (Wildman–Crippen MR) is 72.7 cm³/mol. The molecule has 6 nitrogen and oxygen atoms in total. The standard InChI is InChI=1S/C12H17FN2O4S/c1-8(12(16)17)7-15(3)11-5-4-9(6-10(11)13)20(18,19)14-2/h4-6,8,14H,7H2,1-3H3,(H,16,17). The second kappa shape index (κ2) is 6.19. The van der Waals surface area contributed by atoms with E-state index in [2.05, 4.69) is 4.72 Å². The SMILES string of the molecule is CNS(=O)(=O)c1ccc(N(C)CC(C)C(=O)O)c(F)c1. The summed E-state index contributed by atoms with van der Waals surface area (Å²) >= 11 is 0. The third kappa shape index (κ3) is 3.67. The summed E-state index contributed by atoms with van der Waals surface area (Å²) in [7, 11) is -0.919. The van der Waals surface area contributed by atoms with E-state index in [0.29, 0.717) is 0 Å². The fraction of sp³-hybridized carbons (Fsp3) is 0.417. The number of halogens is 1. The maximum absolute atomic E-state index is 13.9. The molecule has 0 fully saturated rings. The Morgan fingerprint density at radius 3 is 2.55 bits per heavy atom. The molecule has 0 heterocycles. The summed E-state index contributed by atoms with van der Waals surface area (Å²) in [6, 6.07) is 3.49. The van der Waals surface area contributed by atoms with Crippen molar-refractivity contribution in [3.8, 4) is 0 Å². The normalized spacial score (nSPS) is 13.0. The van der Waals surface area contributed by atoms with Crippen LogP contribution in [0.15, 0.2) is 23.1 Å². The number of nitrogens with one attached hydrogen (secondary N) is 1. The number of rotatable bonds is 6. The molecule has 1 rings (SSSR count). The van der Waals surface area contributed by atoms with Crippen LogP contribution in [0, 0.1) is 11.7 Å². The topological polar surface area (TPSA) is 86.7 Å². The van der Waals surface area contributed by atoms with Crippen LogP contribution in [0.3, 0.4) is 0 Å². The quantitative estimate of drug-likeness (QED) is 0.815. The summed E-state index contributed by atoms with van der Waals surface area (Å²) in [5, 5.41) is 8.82. The van der Waals surface area contributed by atoms with Crippen LogP contribution >= 0.6 is 0 Å². The maximum atomic E-state index is 13.9. The number of anilines is 1. The van der Waals surface area contributed by atoms with Crippen LogP contribution < -0.4 is 9.62 Å². The molecule has 0 spiro atoms. The van der Waals surface area contributed by atoms with Crippen molar-refractivity contribution in [3.63, 3.8) is 0 Å². The highest BCUT2D eigenvalue weighted by Gasteiger charge is 2.18. The Bertz CT molecular complexity index is 603. The highest BCUT2D eigenvalue weighted by atomic mass is 32.2. The van der Waals surface area contributed by atoms with Gasteiger partial charge in [0.1, 0.15) is 5.82 Å². The van der Waals surface area contributed by atoms with Gasteiger partial charge in [-0.1, -0.05) is 6.92 Å². The predicted octanol–water partition coefficient (Wildman–Crippen LogP) is 0.891. The van der Waals surface area contributed by atoms with Gasteiger partial charge in [0.05, 0.1) is 16.5 Å². The Morgan fingerprint density at radius 2 is 2.10 bits per heavy atom. The molecular weight excluding hydrogens is 287 g/mol. The summed E-state index contributed by atoms with van der Waals surface area (Å²) < 4.78 is 39.1. The van der Waals surface area contributed by atoms with E-state index in [4.69, 9.17) is 5.11 Å². The van der Waals surface area contributed by atoms with Gasteiger partial charge >= 0.3 is 5.97 Å². The number of nitrogens with zero attached hydrogens (tertiary/aromatic N) is 1. The molecule has 1 aromatic rings. The molecule has 0 radical (unpaired) electrons. The van der Waals surface area contributed by atoms with E-state index in [9.17, 15) is 17.6 Å². The van der Waals surface area contributed by atoms with Gasteiger partial charge in [-0.2, -0.15) is 0 Å². The summed E-state index contributed by atoms with van der Waals surface area (Å²) in [6.07, 6.45) is 0. The largest absolute Gasteiger partial charge is 0.481 e. The van der Waals surface area contributed by atoms with E-state index in [1.165, 1.54) is 31.0 Å². The zero-order valence-electron chi connectivity index (χ0n) is 11.4. The van der Waals surface area contributed by atoms with Gasteiger partial charge < -0.3 is 10.0 Å². The van der Waals surface area contributed by atoms with Crippen LogP contribution in [0.25, 0.3) is 0 Å². The van der Waals surface area contributed by atoms with Crippen LogP contribution in [0.2, 0.25) is 0 Å². The Labute approximate surface area is 117 Å². The molecule has 2 N–H and O–H groups in total. The Morgan fingerprint density at radius 1 is 1.50 bits per heavy atom. The van der Waals surface area contributed by atoms with Crippen molar-refractivity contribution in [2.24, 2.45) is 5.92 Å². The monoisotopic (exact) mass is 304 g/mol. The van der Waals surface area contributed by atoms with Crippen molar-refractivity contribution in [2.75, 3.05) is 25.5 Å². The Kier molecular flexibility index (Phi) is 5.07. The molecule has 0 aromatic heterocycles. The van der Waals surface area contributed by atoms with Crippen LogP contribution in [-0.4, -0.2) is 40.1 Å². The van der Waals surface area contributed by atoms with Crippen molar-refractivity contribution in [1.29, 1.82) is 0 Å². The molecule has 0 aliphatic rings. The third-order valence-corrected chi connectivity index (χ3v) is 4.29. The van der Waals surface area contributed by atoms with Gasteiger partial charge in [-0.3, -0.25) is 4.79 Å². The molecule has 0 saturated heterocycles. The van der Waals surface area contributed by atoms with E-state index in [1.54, 1.807) is 7.05 Å². The average Bonchev–Trinajstić information content (AvgIpc) is 2.38. The van der Waals surface area contributed by atoms with Gasteiger partial charge in [-0.05, 0) is 25.2 Å². The van der Waals surface area contributed by atoms with E-state index >= 15 is 0 Å². The Balaban J connectivity index is 3.02. The molecule has 1 aromatic carbocycles. The molecule has 112 valence electrons. The van der Waals surface area contributed by atoms with Crippen molar-refractivity contribution in [2.45, 2.75) is 11.8 Å². The number of carbonyl (C=O) groups is 1. The fourth-order valence-electron chi connectivity index (χ4n) is 1.67. The van der Waals surface area contributed by atoms with Gasteiger partial charge in [0.15, 0.2) is 0 Å². The van der Waals surface area contributed by atoms with Gasteiger partial charge in [0.25, 0.3) is 0 Å². The lowest BCUT2D eigenvalue weighted by Gasteiger charge is -2.22. The highest BCUT2D eigenvalue weighted by Crippen LogP contribution is 2.22.